The SMILES string of the molecule is Nc1cc2cc3cc(N)c(N)cc3cc2cc1N. The van der Waals surface area contributed by atoms with Gasteiger partial charge in [0, 0.05) is 0 Å². The van der Waals surface area contributed by atoms with Gasteiger partial charge in [0.2, 0.25) is 0 Å². The van der Waals surface area contributed by atoms with E-state index in [0.29, 0.717) is 22.7 Å². The molecule has 0 aromatic heterocycles. The Kier molecular flexibility index (Phi) is 2.01. The average Bonchev–Trinajstić information content (AvgIpc) is 2.31. The molecular weight excluding hydrogens is 224 g/mol. The van der Waals surface area contributed by atoms with Gasteiger partial charge in [-0.2, -0.15) is 0 Å². The molecule has 3 aromatic rings. The minimum atomic E-state index is 0.588. The van der Waals surface area contributed by atoms with Crippen molar-refractivity contribution in [2.24, 2.45) is 0 Å². The fourth-order valence-corrected chi connectivity index (χ4v) is 2.17. The smallest absolute Gasteiger partial charge is 0.0554 e. The first-order valence-electron chi connectivity index (χ1n) is 5.62. The number of rotatable bonds is 0. The lowest BCUT2D eigenvalue weighted by atomic mass is 10.0. The van der Waals surface area contributed by atoms with E-state index in [4.69, 9.17) is 22.9 Å². The molecule has 0 saturated carbocycles. The van der Waals surface area contributed by atoms with E-state index in [-0.39, 0.29) is 0 Å². The van der Waals surface area contributed by atoms with E-state index in [0.717, 1.165) is 21.5 Å². The van der Waals surface area contributed by atoms with Gasteiger partial charge in [-0.05, 0) is 57.9 Å². The van der Waals surface area contributed by atoms with Crippen molar-refractivity contribution in [3.63, 3.8) is 0 Å². The second-order valence-corrected chi connectivity index (χ2v) is 4.51. The van der Waals surface area contributed by atoms with Crippen LogP contribution in [0.25, 0.3) is 21.5 Å². The standard InChI is InChI=1S/C14H14N4/c15-11-3-7-1-8-4-12(16)14(18)6-10(8)2-9(7)5-13(11)17/h1-6H,15-18H2. The predicted octanol–water partition coefficient (Wildman–Crippen LogP) is 2.32. The van der Waals surface area contributed by atoms with Crippen LogP contribution in [0.4, 0.5) is 22.7 Å². The summed E-state index contributed by atoms with van der Waals surface area (Å²) in [5.41, 5.74) is 25.6. The Balaban J connectivity index is 2.43. The van der Waals surface area contributed by atoms with E-state index in [9.17, 15) is 0 Å². The van der Waals surface area contributed by atoms with Crippen LogP contribution < -0.4 is 22.9 Å². The van der Waals surface area contributed by atoms with Crippen LogP contribution in [0.1, 0.15) is 0 Å². The van der Waals surface area contributed by atoms with Crippen LogP contribution >= 0.6 is 0 Å². The lowest BCUT2D eigenvalue weighted by molar-refractivity contribution is 1.70. The van der Waals surface area contributed by atoms with Gasteiger partial charge < -0.3 is 22.9 Å². The highest BCUT2D eigenvalue weighted by Crippen LogP contribution is 2.30. The fraction of sp³-hybridized carbons (Fsp3) is 0. The molecule has 90 valence electrons. The van der Waals surface area contributed by atoms with Gasteiger partial charge in [0.25, 0.3) is 0 Å². The van der Waals surface area contributed by atoms with Gasteiger partial charge in [0.15, 0.2) is 0 Å². The summed E-state index contributed by atoms with van der Waals surface area (Å²) in [5.74, 6) is 0. The maximum absolute atomic E-state index is 5.81. The Morgan fingerprint density at radius 3 is 0.833 bits per heavy atom. The first-order chi connectivity index (χ1) is 8.54. The molecule has 0 amide bonds. The first-order valence-corrected chi connectivity index (χ1v) is 5.62. The third kappa shape index (κ3) is 1.47. The number of hydrogen-bond acceptors (Lipinski definition) is 4. The molecule has 3 rings (SSSR count). The van der Waals surface area contributed by atoms with Crippen LogP contribution in [0.5, 0.6) is 0 Å². The van der Waals surface area contributed by atoms with Crippen LogP contribution in [-0.4, -0.2) is 0 Å². The highest BCUT2D eigenvalue weighted by molar-refractivity contribution is 6.03. The topological polar surface area (TPSA) is 104 Å². The molecule has 0 aliphatic heterocycles. The van der Waals surface area contributed by atoms with E-state index in [2.05, 4.69) is 0 Å². The Bertz CT molecular complexity index is 649. The van der Waals surface area contributed by atoms with E-state index in [1.54, 1.807) is 0 Å². The summed E-state index contributed by atoms with van der Waals surface area (Å²) in [7, 11) is 0. The van der Waals surface area contributed by atoms with E-state index in [1.807, 2.05) is 36.4 Å². The molecule has 3 aromatic carbocycles. The third-order valence-corrected chi connectivity index (χ3v) is 3.20. The van der Waals surface area contributed by atoms with E-state index >= 15 is 0 Å². The zero-order chi connectivity index (χ0) is 12.9. The van der Waals surface area contributed by atoms with Crippen molar-refractivity contribution in [1.82, 2.24) is 0 Å². The van der Waals surface area contributed by atoms with Crippen molar-refractivity contribution in [3.05, 3.63) is 36.4 Å². The number of nitrogens with two attached hydrogens (primary N) is 4. The first kappa shape index (κ1) is 10.5. The van der Waals surface area contributed by atoms with Crippen molar-refractivity contribution in [3.8, 4) is 0 Å². The zero-order valence-electron chi connectivity index (χ0n) is 9.77. The molecule has 8 N–H and O–H groups in total. The molecule has 18 heavy (non-hydrogen) atoms. The molecule has 4 heteroatoms. The van der Waals surface area contributed by atoms with Gasteiger partial charge in [-0.1, -0.05) is 0 Å². The summed E-state index contributed by atoms with van der Waals surface area (Å²) in [6.07, 6.45) is 0. The number of nitrogen functional groups attached to an aromatic ring is 4. The van der Waals surface area contributed by atoms with Crippen LogP contribution in [0, 0.1) is 0 Å². The molecule has 0 atom stereocenters. The maximum Gasteiger partial charge on any atom is 0.0554 e. The zero-order valence-corrected chi connectivity index (χ0v) is 9.77. The van der Waals surface area contributed by atoms with Gasteiger partial charge in [-0.25, -0.2) is 0 Å². The summed E-state index contributed by atoms with van der Waals surface area (Å²) < 4.78 is 0. The Labute approximate surface area is 104 Å². The number of fused-ring (bicyclic) bond motifs is 2. The number of anilines is 4. The highest BCUT2D eigenvalue weighted by atomic mass is 14.7. The summed E-state index contributed by atoms with van der Waals surface area (Å²) in [5, 5.41) is 4.16. The van der Waals surface area contributed by atoms with Gasteiger partial charge >= 0.3 is 0 Å². The molecule has 0 bridgehead atoms. The molecule has 0 spiro atoms. The van der Waals surface area contributed by atoms with Crippen molar-refractivity contribution in [2.45, 2.75) is 0 Å². The van der Waals surface area contributed by atoms with Gasteiger partial charge in [0.1, 0.15) is 0 Å². The normalized spacial score (nSPS) is 11.1. The minimum absolute atomic E-state index is 0.588. The lowest BCUT2D eigenvalue weighted by Gasteiger charge is -2.08. The van der Waals surface area contributed by atoms with E-state index in [1.165, 1.54) is 0 Å². The molecule has 0 radical (unpaired) electrons. The molecule has 4 nitrogen and oxygen atoms in total. The highest BCUT2D eigenvalue weighted by Gasteiger charge is 2.04. The maximum atomic E-state index is 5.81. The third-order valence-electron chi connectivity index (χ3n) is 3.20. The average molecular weight is 238 g/mol. The van der Waals surface area contributed by atoms with Gasteiger partial charge in [0.05, 0.1) is 22.7 Å². The number of hydrogen-bond donors (Lipinski definition) is 4. The number of benzene rings is 3. The monoisotopic (exact) mass is 238 g/mol. The van der Waals surface area contributed by atoms with Crippen LogP contribution in [0.2, 0.25) is 0 Å². The molecule has 0 heterocycles. The van der Waals surface area contributed by atoms with Crippen molar-refractivity contribution in [1.29, 1.82) is 0 Å². The molecule has 0 saturated heterocycles. The summed E-state index contributed by atoms with van der Waals surface area (Å²) in [6, 6.07) is 11.6. The molecule has 0 aliphatic rings. The molecule has 0 unspecified atom stereocenters. The van der Waals surface area contributed by atoms with Gasteiger partial charge in [-0.3, -0.25) is 0 Å². The van der Waals surface area contributed by atoms with Crippen LogP contribution in [0.15, 0.2) is 36.4 Å². The van der Waals surface area contributed by atoms with Crippen molar-refractivity contribution in [2.75, 3.05) is 22.9 Å². The van der Waals surface area contributed by atoms with Crippen LogP contribution in [0.3, 0.4) is 0 Å². The molecule has 0 aliphatic carbocycles. The second-order valence-electron chi connectivity index (χ2n) is 4.51. The van der Waals surface area contributed by atoms with Crippen molar-refractivity contribution < 1.29 is 0 Å². The summed E-state index contributed by atoms with van der Waals surface area (Å²) >= 11 is 0. The van der Waals surface area contributed by atoms with E-state index < -0.39 is 0 Å². The predicted molar refractivity (Wildman–Crippen MR) is 79.1 cm³/mol. The van der Waals surface area contributed by atoms with Crippen molar-refractivity contribution >= 4 is 44.3 Å². The lowest BCUT2D eigenvalue weighted by Crippen LogP contribution is -1.95. The second kappa shape index (κ2) is 3.43. The summed E-state index contributed by atoms with van der Waals surface area (Å²) in [4.78, 5) is 0. The Morgan fingerprint density at radius 2 is 0.611 bits per heavy atom. The molecular formula is C14H14N4. The molecule has 0 fully saturated rings. The minimum Gasteiger partial charge on any atom is -0.397 e. The summed E-state index contributed by atoms with van der Waals surface area (Å²) in [6.45, 7) is 0. The quantitative estimate of drug-likeness (QED) is 0.356. The van der Waals surface area contributed by atoms with Gasteiger partial charge in [-0.15, -0.1) is 0 Å². The fourth-order valence-electron chi connectivity index (χ4n) is 2.17. The Morgan fingerprint density at radius 1 is 0.389 bits per heavy atom. The Hall–Kier alpha value is -2.62. The van der Waals surface area contributed by atoms with Crippen LogP contribution in [-0.2, 0) is 0 Å². The largest absolute Gasteiger partial charge is 0.397 e.